The average Bonchev–Trinajstić information content (AvgIpc) is 2.62. The van der Waals surface area contributed by atoms with Gasteiger partial charge in [0.25, 0.3) is 0 Å². The molecule has 2 unspecified atom stereocenters. The van der Waals surface area contributed by atoms with Crippen molar-refractivity contribution in [1.82, 2.24) is 0 Å². The van der Waals surface area contributed by atoms with Crippen LogP contribution in [0.1, 0.15) is 25.3 Å². The monoisotopic (exact) mass is 283 g/mol. The zero-order chi connectivity index (χ0) is 14.3. The molecule has 4 nitrogen and oxygen atoms in total. The highest BCUT2D eigenvalue weighted by Crippen LogP contribution is 2.47. The molecule has 1 fully saturated rings. The van der Waals surface area contributed by atoms with Gasteiger partial charge in [-0.1, -0.05) is 0 Å². The van der Waals surface area contributed by atoms with E-state index < -0.39 is 12.0 Å². The lowest BCUT2D eigenvalue weighted by Gasteiger charge is -2.35. The predicted octanol–water partition coefficient (Wildman–Crippen LogP) is 2.68. The fraction of sp³-hybridized carbons (Fsp3) is 0.500. The fourth-order valence-corrected chi connectivity index (χ4v) is 3.11. The Morgan fingerprint density at radius 2 is 2.30 bits per heavy atom. The first kappa shape index (κ1) is 13.3. The third-order valence-electron chi connectivity index (χ3n) is 3.98. The van der Waals surface area contributed by atoms with Crippen LogP contribution >= 0.6 is 0 Å². The predicted molar refractivity (Wildman–Crippen MR) is 68.0 cm³/mol. The van der Waals surface area contributed by atoms with Crippen molar-refractivity contribution in [3.05, 3.63) is 23.8 Å². The van der Waals surface area contributed by atoms with Crippen LogP contribution in [0.25, 0.3) is 0 Å². The number of alkyl halides is 2. The maximum absolute atomic E-state index is 12.3. The minimum atomic E-state index is -2.87. The van der Waals surface area contributed by atoms with E-state index >= 15 is 0 Å². The Bertz CT molecular complexity index is 549. The largest absolute Gasteiger partial charge is 0.435 e. The lowest BCUT2D eigenvalue weighted by molar-refractivity contribution is -0.126. The van der Waals surface area contributed by atoms with Crippen molar-refractivity contribution in [2.45, 2.75) is 37.9 Å². The second kappa shape index (κ2) is 4.70. The number of ether oxygens (including phenoxy) is 2. The number of benzene rings is 1. The van der Waals surface area contributed by atoms with Crippen LogP contribution in [-0.2, 0) is 14.9 Å². The molecule has 0 aliphatic carbocycles. The van der Waals surface area contributed by atoms with Crippen LogP contribution in [0, 0.1) is 0 Å². The number of hydrogen-bond donors (Lipinski definition) is 1. The average molecular weight is 283 g/mol. The Morgan fingerprint density at radius 1 is 1.50 bits per heavy atom. The van der Waals surface area contributed by atoms with Gasteiger partial charge in [0.05, 0.1) is 11.5 Å². The molecule has 2 heterocycles. The Labute approximate surface area is 115 Å². The molecule has 0 bridgehead atoms. The van der Waals surface area contributed by atoms with E-state index in [1.54, 1.807) is 6.07 Å². The summed E-state index contributed by atoms with van der Waals surface area (Å²) in [6, 6.07) is 4.59. The van der Waals surface area contributed by atoms with Crippen LogP contribution in [0.4, 0.5) is 14.5 Å². The van der Waals surface area contributed by atoms with Crippen molar-refractivity contribution in [1.29, 1.82) is 0 Å². The van der Waals surface area contributed by atoms with Crippen molar-refractivity contribution in [2.24, 2.45) is 0 Å². The van der Waals surface area contributed by atoms with E-state index in [-0.39, 0.29) is 17.8 Å². The van der Waals surface area contributed by atoms with Crippen molar-refractivity contribution in [3.63, 3.8) is 0 Å². The molecule has 1 aromatic rings. The molecule has 1 aromatic carbocycles. The van der Waals surface area contributed by atoms with Gasteiger partial charge in [0, 0.05) is 12.3 Å². The summed E-state index contributed by atoms with van der Waals surface area (Å²) in [7, 11) is 0. The minimum Gasteiger partial charge on any atom is -0.435 e. The maximum Gasteiger partial charge on any atom is 0.387 e. The molecule has 1 spiro atoms. The zero-order valence-electron chi connectivity index (χ0n) is 11.0. The number of carbonyl (C=O) groups is 1. The molecule has 0 saturated carbocycles. The molecule has 1 N–H and O–H groups in total. The third kappa shape index (κ3) is 2.04. The van der Waals surface area contributed by atoms with Gasteiger partial charge in [0.1, 0.15) is 5.75 Å². The van der Waals surface area contributed by atoms with Crippen molar-refractivity contribution in [2.75, 3.05) is 11.9 Å². The summed E-state index contributed by atoms with van der Waals surface area (Å²) in [6.45, 7) is -0.484. The number of halogens is 2. The summed E-state index contributed by atoms with van der Waals surface area (Å²) < 4.78 is 34.6. The number of fused-ring (bicyclic) bond motifs is 2. The molecule has 3 rings (SSSR count). The number of amides is 1. The first-order valence-electron chi connectivity index (χ1n) is 6.54. The summed E-state index contributed by atoms with van der Waals surface area (Å²) in [6.07, 6.45) is 1.05. The van der Waals surface area contributed by atoms with Crippen molar-refractivity contribution in [3.8, 4) is 5.75 Å². The molecule has 20 heavy (non-hydrogen) atoms. The highest BCUT2D eigenvalue weighted by Gasteiger charge is 2.49. The van der Waals surface area contributed by atoms with E-state index in [0.29, 0.717) is 25.1 Å². The van der Waals surface area contributed by atoms with E-state index in [2.05, 4.69) is 10.1 Å². The summed E-state index contributed by atoms with van der Waals surface area (Å²) in [4.78, 5) is 12.3. The topological polar surface area (TPSA) is 47.6 Å². The molecule has 2 atom stereocenters. The Morgan fingerprint density at radius 3 is 3.00 bits per heavy atom. The summed E-state index contributed by atoms with van der Waals surface area (Å²) >= 11 is 0. The van der Waals surface area contributed by atoms with Gasteiger partial charge in [-0.3, -0.25) is 4.79 Å². The van der Waals surface area contributed by atoms with Crippen molar-refractivity contribution < 1.29 is 23.0 Å². The van der Waals surface area contributed by atoms with Gasteiger partial charge < -0.3 is 14.8 Å². The van der Waals surface area contributed by atoms with Gasteiger partial charge in [-0.15, -0.1) is 0 Å². The molecule has 0 radical (unpaired) electrons. The highest BCUT2D eigenvalue weighted by atomic mass is 19.3. The minimum absolute atomic E-state index is 0.0416. The molecule has 108 valence electrons. The molecular formula is C14H15F2NO3. The first-order chi connectivity index (χ1) is 9.51. The summed E-state index contributed by atoms with van der Waals surface area (Å²) in [5, 5.41) is 2.82. The van der Waals surface area contributed by atoms with Gasteiger partial charge in [-0.25, -0.2) is 0 Å². The van der Waals surface area contributed by atoms with Crippen LogP contribution in [0.5, 0.6) is 5.75 Å². The number of anilines is 1. The lowest BCUT2D eigenvalue weighted by Crippen LogP contribution is -2.42. The first-order valence-corrected chi connectivity index (χ1v) is 6.54. The van der Waals surface area contributed by atoms with Crippen LogP contribution in [0.15, 0.2) is 18.2 Å². The molecular weight excluding hydrogens is 268 g/mol. The zero-order valence-corrected chi connectivity index (χ0v) is 11.0. The van der Waals surface area contributed by atoms with Crippen LogP contribution in [0.3, 0.4) is 0 Å². The normalized spacial score (nSPS) is 28.6. The number of hydrogen-bond acceptors (Lipinski definition) is 3. The van der Waals surface area contributed by atoms with Crippen LogP contribution in [-0.4, -0.2) is 25.2 Å². The van der Waals surface area contributed by atoms with E-state index in [9.17, 15) is 13.6 Å². The second-order valence-corrected chi connectivity index (χ2v) is 5.26. The maximum atomic E-state index is 12.3. The van der Waals surface area contributed by atoms with Gasteiger partial charge in [-0.2, -0.15) is 8.78 Å². The standard InChI is InChI=1S/C14H15F2NO3/c1-8-7-14(4-5-19-8)10-6-9(20-13(15)16)2-3-11(10)17-12(14)18/h2-3,6,8,13H,4-5,7H2,1H3,(H,17,18). The molecule has 1 amide bonds. The smallest absolute Gasteiger partial charge is 0.387 e. The Kier molecular flexibility index (Phi) is 3.12. The molecule has 2 aliphatic heterocycles. The van der Waals surface area contributed by atoms with Crippen molar-refractivity contribution >= 4 is 11.6 Å². The second-order valence-electron chi connectivity index (χ2n) is 5.26. The van der Waals surface area contributed by atoms with Gasteiger partial charge in [-0.05, 0) is 43.5 Å². The quantitative estimate of drug-likeness (QED) is 0.907. The van der Waals surface area contributed by atoms with Crippen LogP contribution in [0.2, 0.25) is 0 Å². The fourth-order valence-electron chi connectivity index (χ4n) is 3.11. The molecule has 0 aromatic heterocycles. The summed E-state index contributed by atoms with van der Waals surface area (Å²) in [5.74, 6) is -0.00869. The lowest BCUT2D eigenvalue weighted by atomic mass is 9.73. The van der Waals surface area contributed by atoms with E-state index in [4.69, 9.17) is 4.74 Å². The third-order valence-corrected chi connectivity index (χ3v) is 3.98. The SMILES string of the molecule is CC1CC2(CCO1)C(=O)Nc1ccc(OC(F)F)cc12. The van der Waals surface area contributed by atoms with E-state index in [0.717, 1.165) is 5.56 Å². The van der Waals surface area contributed by atoms with Gasteiger partial charge in [0.15, 0.2) is 0 Å². The molecule has 2 aliphatic rings. The summed E-state index contributed by atoms with van der Waals surface area (Å²) in [5.41, 5.74) is 0.718. The van der Waals surface area contributed by atoms with E-state index in [1.165, 1.54) is 12.1 Å². The van der Waals surface area contributed by atoms with Gasteiger partial charge in [0.2, 0.25) is 5.91 Å². The molecule has 6 heteroatoms. The molecule has 1 saturated heterocycles. The number of carbonyl (C=O) groups excluding carboxylic acids is 1. The van der Waals surface area contributed by atoms with Gasteiger partial charge >= 0.3 is 6.61 Å². The highest BCUT2D eigenvalue weighted by molar-refractivity contribution is 6.06. The number of nitrogens with one attached hydrogen (secondary N) is 1. The Hall–Kier alpha value is -1.69. The number of rotatable bonds is 2. The van der Waals surface area contributed by atoms with Crippen LogP contribution < -0.4 is 10.1 Å². The van der Waals surface area contributed by atoms with E-state index in [1.807, 2.05) is 6.92 Å². The Balaban J connectivity index is 2.01.